The molecule has 4 aromatic carbocycles. The predicted octanol–water partition coefficient (Wildman–Crippen LogP) is 5.02. The van der Waals surface area contributed by atoms with Crippen LogP contribution in [0.1, 0.15) is 11.1 Å². The molecule has 0 bridgehead atoms. The highest BCUT2D eigenvalue weighted by Gasteiger charge is 2.58. The Morgan fingerprint density at radius 2 is 1.66 bits per heavy atom. The number of hydrogen-bond acceptors (Lipinski definition) is 6. The first kappa shape index (κ1) is 19.9. The van der Waals surface area contributed by atoms with Crippen molar-refractivity contribution in [3.8, 4) is 11.8 Å². The van der Waals surface area contributed by atoms with Crippen molar-refractivity contribution in [3.63, 3.8) is 0 Å². The van der Waals surface area contributed by atoms with Crippen LogP contribution in [-0.2, 0) is 10.2 Å². The molecule has 1 amide bonds. The number of rotatable bonds is 0. The third kappa shape index (κ3) is 2.40. The summed E-state index contributed by atoms with van der Waals surface area (Å²) in [6.07, 6.45) is 0. The van der Waals surface area contributed by atoms with Crippen LogP contribution in [0.3, 0.4) is 0 Å². The highest BCUT2D eigenvalue weighted by Crippen LogP contribution is 2.57. The van der Waals surface area contributed by atoms with E-state index < -0.39 is 5.41 Å². The van der Waals surface area contributed by atoms with Gasteiger partial charge in [-0.3, -0.25) is 4.79 Å². The number of fused-ring (bicyclic) bond motifs is 10. The highest BCUT2D eigenvalue weighted by molar-refractivity contribution is 9.10. The predicted molar refractivity (Wildman–Crippen MR) is 136 cm³/mol. The second kappa shape index (κ2) is 6.78. The zero-order chi connectivity index (χ0) is 23.9. The molecule has 3 heterocycles. The molecule has 7 nitrogen and oxygen atoms in total. The van der Waals surface area contributed by atoms with Crippen molar-refractivity contribution in [3.05, 3.63) is 93.8 Å². The molecule has 1 spiro atoms. The van der Waals surface area contributed by atoms with Gasteiger partial charge >= 0.3 is 0 Å². The number of aromatic nitrogens is 2. The first-order valence-corrected chi connectivity index (χ1v) is 11.6. The van der Waals surface area contributed by atoms with Gasteiger partial charge in [0.05, 0.1) is 22.1 Å². The van der Waals surface area contributed by atoms with E-state index in [1.54, 1.807) is 6.07 Å². The number of amides is 1. The van der Waals surface area contributed by atoms with Gasteiger partial charge < -0.3 is 15.8 Å². The molecule has 5 aromatic rings. The lowest BCUT2D eigenvalue weighted by Crippen LogP contribution is -2.42. The first-order chi connectivity index (χ1) is 17.0. The Kier molecular flexibility index (Phi) is 3.86. The molecule has 8 heteroatoms. The lowest BCUT2D eigenvalue weighted by atomic mass is 9.68. The number of carbonyl (C=O) groups excluding carboxylic acids is 1. The molecule has 7 rings (SSSR count). The van der Waals surface area contributed by atoms with Crippen LogP contribution >= 0.6 is 15.9 Å². The van der Waals surface area contributed by atoms with Gasteiger partial charge in [-0.05, 0) is 30.3 Å². The van der Waals surface area contributed by atoms with Crippen molar-refractivity contribution < 1.29 is 9.53 Å². The van der Waals surface area contributed by atoms with E-state index in [0.29, 0.717) is 39.1 Å². The lowest BCUT2D eigenvalue weighted by molar-refractivity contribution is -0.118. The second-order valence-electron chi connectivity index (χ2n) is 8.51. The van der Waals surface area contributed by atoms with Crippen molar-refractivity contribution in [1.29, 1.82) is 5.26 Å². The molecule has 35 heavy (non-hydrogen) atoms. The summed E-state index contributed by atoms with van der Waals surface area (Å²) in [7, 11) is 0. The second-order valence-corrected chi connectivity index (χ2v) is 9.42. The van der Waals surface area contributed by atoms with Gasteiger partial charge in [0, 0.05) is 32.1 Å². The molecule has 1 unspecified atom stereocenters. The number of para-hydroxylation sites is 2. The van der Waals surface area contributed by atoms with E-state index in [9.17, 15) is 10.1 Å². The summed E-state index contributed by atoms with van der Waals surface area (Å²) in [6.45, 7) is 0. The fraction of sp³-hybridized carbons (Fsp3) is 0.0370. The Bertz CT molecular complexity index is 1870. The fourth-order valence-corrected chi connectivity index (χ4v) is 5.69. The maximum absolute atomic E-state index is 14.0. The standard InChI is InChI=1S/C27H14BrN5O2/c28-13-9-10-18-16(11-13)27(26(34)33-18)17(12-29)25(30)35-24-15-6-2-1-5-14(15)22-23(21(24)27)32-20-8-4-3-7-19(20)31-22/h1-11H,30H2,(H,33,34). The zero-order valence-electron chi connectivity index (χ0n) is 18.0. The summed E-state index contributed by atoms with van der Waals surface area (Å²) in [5, 5.41) is 14.8. The number of benzene rings is 4. The van der Waals surface area contributed by atoms with Gasteiger partial charge in [-0.25, -0.2) is 9.97 Å². The SMILES string of the molecule is N#CC1=C(N)Oc2c(c3nc4ccccc4nc3c3ccccc23)C12C(=O)Nc1ccc(Br)cc12. The molecule has 0 saturated carbocycles. The van der Waals surface area contributed by atoms with Gasteiger partial charge in [0.2, 0.25) is 11.8 Å². The van der Waals surface area contributed by atoms with E-state index >= 15 is 0 Å². The number of hydrogen-bond donors (Lipinski definition) is 2. The van der Waals surface area contributed by atoms with Gasteiger partial charge in [-0.2, -0.15) is 5.26 Å². The zero-order valence-corrected chi connectivity index (χ0v) is 19.6. The molecule has 0 fully saturated rings. The topological polar surface area (TPSA) is 114 Å². The summed E-state index contributed by atoms with van der Waals surface area (Å²) in [5.74, 6) is -0.0976. The average Bonchev–Trinajstić information content (AvgIpc) is 3.14. The Morgan fingerprint density at radius 1 is 0.971 bits per heavy atom. The van der Waals surface area contributed by atoms with Crippen molar-refractivity contribution in [2.24, 2.45) is 5.73 Å². The molecule has 1 aromatic heterocycles. The van der Waals surface area contributed by atoms with Gasteiger partial charge in [0.1, 0.15) is 22.8 Å². The van der Waals surface area contributed by atoms with Crippen LogP contribution in [0.4, 0.5) is 5.69 Å². The molecular weight excluding hydrogens is 506 g/mol. The number of anilines is 1. The van der Waals surface area contributed by atoms with Gasteiger partial charge in [0.15, 0.2) is 0 Å². The van der Waals surface area contributed by atoms with Crippen molar-refractivity contribution in [1.82, 2.24) is 9.97 Å². The molecule has 2 aliphatic rings. The van der Waals surface area contributed by atoms with Gasteiger partial charge in [-0.15, -0.1) is 0 Å². The number of halogens is 1. The fourth-order valence-electron chi connectivity index (χ4n) is 5.33. The highest BCUT2D eigenvalue weighted by atomic mass is 79.9. The maximum Gasteiger partial charge on any atom is 0.245 e. The van der Waals surface area contributed by atoms with Crippen LogP contribution < -0.4 is 15.8 Å². The number of nitrogens with one attached hydrogen (secondary N) is 1. The Labute approximate surface area is 207 Å². The van der Waals surface area contributed by atoms with Gasteiger partial charge in [-0.1, -0.05) is 52.3 Å². The minimum Gasteiger partial charge on any atom is -0.439 e. The summed E-state index contributed by atoms with van der Waals surface area (Å²) in [5.41, 5.74) is 8.99. The monoisotopic (exact) mass is 519 g/mol. The summed E-state index contributed by atoms with van der Waals surface area (Å²) >= 11 is 3.53. The minimum absolute atomic E-state index is 0.0193. The van der Waals surface area contributed by atoms with Crippen molar-refractivity contribution >= 4 is 60.4 Å². The third-order valence-electron chi connectivity index (χ3n) is 6.76. The van der Waals surface area contributed by atoms with Crippen LogP contribution in [0.5, 0.6) is 5.75 Å². The quantitative estimate of drug-likeness (QED) is 0.219. The molecular formula is C27H14BrN5O2. The lowest BCUT2D eigenvalue weighted by Gasteiger charge is -2.35. The molecule has 166 valence electrons. The Balaban J connectivity index is 1.78. The number of nitrogens with two attached hydrogens (primary N) is 1. The van der Waals surface area contributed by atoms with E-state index in [1.165, 1.54) is 0 Å². The Hall–Kier alpha value is -4.48. The largest absolute Gasteiger partial charge is 0.439 e. The van der Waals surface area contributed by atoms with Crippen molar-refractivity contribution in [2.75, 3.05) is 5.32 Å². The van der Waals surface area contributed by atoms with Crippen LogP contribution in [0.2, 0.25) is 0 Å². The molecule has 2 aliphatic heterocycles. The number of nitriles is 1. The molecule has 1 atom stereocenters. The normalized spacial score (nSPS) is 18.5. The molecule has 0 saturated heterocycles. The van der Waals surface area contributed by atoms with E-state index in [0.717, 1.165) is 20.8 Å². The average molecular weight is 520 g/mol. The maximum atomic E-state index is 14.0. The summed E-state index contributed by atoms with van der Waals surface area (Å²) in [4.78, 5) is 23.9. The van der Waals surface area contributed by atoms with Crippen molar-refractivity contribution in [2.45, 2.75) is 5.41 Å². The number of nitrogens with zero attached hydrogens (tertiary/aromatic N) is 3. The molecule has 0 aliphatic carbocycles. The smallest absolute Gasteiger partial charge is 0.245 e. The number of carbonyl (C=O) groups is 1. The Morgan fingerprint density at radius 3 is 2.40 bits per heavy atom. The minimum atomic E-state index is -1.55. The molecule has 0 radical (unpaired) electrons. The van der Waals surface area contributed by atoms with Crippen LogP contribution in [0.15, 0.2) is 82.7 Å². The molecule has 3 N–H and O–H groups in total. The summed E-state index contributed by atoms with van der Waals surface area (Å²) < 4.78 is 6.89. The van der Waals surface area contributed by atoms with Crippen LogP contribution in [0.25, 0.3) is 32.8 Å². The summed E-state index contributed by atoms with van der Waals surface area (Å²) in [6, 6.07) is 22.8. The van der Waals surface area contributed by atoms with Crippen LogP contribution in [-0.4, -0.2) is 15.9 Å². The van der Waals surface area contributed by atoms with Crippen LogP contribution in [0, 0.1) is 11.3 Å². The van der Waals surface area contributed by atoms with Gasteiger partial charge in [0.25, 0.3) is 0 Å². The van der Waals surface area contributed by atoms with E-state index in [1.807, 2.05) is 60.7 Å². The third-order valence-corrected chi connectivity index (χ3v) is 7.25. The number of ether oxygens (including phenoxy) is 1. The first-order valence-electron chi connectivity index (χ1n) is 10.9. The van der Waals surface area contributed by atoms with E-state index in [-0.39, 0.29) is 17.4 Å². The van der Waals surface area contributed by atoms with E-state index in [2.05, 4.69) is 27.3 Å². The van der Waals surface area contributed by atoms with E-state index in [4.69, 9.17) is 20.4 Å².